The monoisotopic (exact) mass is 420 g/mol. The Morgan fingerprint density at radius 1 is 1.13 bits per heavy atom. The highest BCUT2D eigenvalue weighted by Gasteiger charge is 2.19. The van der Waals surface area contributed by atoms with E-state index in [1.807, 2.05) is 58.0 Å². The Hall–Kier alpha value is -3.18. The van der Waals surface area contributed by atoms with Crippen LogP contribution in [0.15, 0.2) is 41.6 Å². The maximum absolute atomic E-state index is 13.1. The smallest absolute Gasteiger partial charge is 0.237 e. The first-order valence-electron chi connectivity index (χ1n) is 9.64. The van der Waals surface area contributed by atoms with Crippen molar-refractivity contribution in [1.29, 1.82) is 5.26 Å². The van der Waals surface area contributed by atoms with Gasteiger partial charge in [0.25, 0.3) is 0 Å². The molecule has 1 heterocycles. The van der Waals surface area contributed by atoms with Gasteiger partial charge < -0.3 is 4.90 Å². The third-order valence-electron chi connectivity index (χ3n) is 4.68. The fourth-order valence-electron chi connectivity index (χ4n) is 3.42. The number of hydrogen-bond acceptors (Lipinski definition) is 6. The van der Waals surface area contributed by atoms with Gasteiger partial charge in [0.1, 0.15) is 0 Å². The molecule has 8 heteroatoms. The van der Waals surface area contributed by atoms with Crippen molar-refractivity contribution in [2.75, 3.05) is 17.2 Å². The number of amides is 1. The number of hydrogen-bond donors (Lipinski definition) is 0. The average molecular weight is 421 g/mol. The molecule has 0 aliphatic rings. The molecule has 0 aliphatic heterocycles. The van der Waals surface area contributed by atoms with E-state index in [0.717, 1.165) is 33.6 Å². The molecule has 1 aromatic heterocycles. The van der Waals surface area contributed by atoms with Crippen molar-refractivity contribution in [2.45, 2.75) is 39.3 Å². The largest absolute Gasteiger partial charge is 0.311 e. The molecule has 0 fully saturated rings. The van der Waals surface area contributed by atoms with E-state index >= 15 is 0 Å². The third kappa shape index (κ3) is 4.86. The fourth-order valence-corrected chi connectivity index (χ4v) is 4.17. The van der Waals surface area contributed by atoms with Gasteiger partial charge in [-0.05, 0) is 72.5 Å². The molecule has 0 unspecified atom stereocenters. The van der Waals surface area contributed by atoms with Crippen LogP contribution in [-0.2, 0) is 4.79 Å². The molecule has 0 aliphatic carbocycles. The first-order valence-corrected chi connectivity index (χ1v) is 10.6. The maximum atomic E-state index is 13.1. The second-order valence-electron chi connectivity index (χ2n) is 7.20. The highest BCUT2D eigenvalue weighted by atomic mass is 32.2. The summed E-state index contributed by atoms with van der Waals surface area (Å²) in [5.41, 5.74) is 6.00. The van der Waals surface area contributed by atoms with Gasteiger partial charge in [0.05, 0.1) is 23.9 Å². The van der Waals surface area contributed by atoms with Crippen LogP contribution in [0.5, 0.6) is 0 Å². The molecule has 2 aromatic carbocycles. The number of anilines is 1. The van der Waals surface area contributed by atoms with Gasteiger partial charge in [0.15, 0.2) is 0 Å². The molecule has 154 valence electrons. The van der Waals surface area contributed by atoms with E-state index in [9.17, 15) is 4.79 Å². The number of aromatic nitrogens is 4. The molecular weight excluding hydrogens is 396 g/mol. The van der Waals surface area contributed by atoms with Crippen molar-refractivity contribution in [1.82, 2.24) is 20.2 Å². The van der Waals surface area contributed by atoms with Crippen molar-refractivity contribution in [3.8, 4) is 11.8 Å². The number of nitrogens with zero attached hydrogens (tertiary/aromatic N) is 6. The van der Waals surface area contributed by atoms with Crippen LogP contribution in [0.3, 0.4) is 0 Å². The Morgan fingerprint density at radius 2 is 1.80 bits per heavy atom. The number of tetrazole rings is 1. The van der Waals surface area contributed by atoms with Crippen LogP contribution in [0.1, 0.15) is 28.7 Å². The Labute approximate surface area is 180 Å². The third-order valence-corrected chi connectivity index (χ3v) is 5.59. The Balaban J connectivity index is 1.82. The molecule has 0 radical (unpaired) electrons. The Kier molecular flexibility index (Phi) is 6.85. The minimum absolute atomic E-state index is 0.0868. The van der Waals surface area contributed by atoms with Crippen LogP contribution in [0.2, 0.25) is 0 Å². The minimum atomic E-state index is -0.0868. The van der Waals surface area contributed by atoms with Gasteiger partial charge in [-0.25, -0.2) is 0 Å². The summed E-state index contributed by atoms with van der Waals surface area (Å²) in [6.07, 6.45) is 0.267. The summed E-state index contributed by atoms with van der Waals surface area (Å²) < 4.78 is 1.68. The van der Waals surface area contributed by atoms with E-state index in [-0.39, 0.29) is 18.1 Å². The standard InChI is InChI=1S/C22H24N6OS/c1-15-11-16(2)13-19(12-15)27(10-6-9-23)20(29)14-30-22-24-25-26-28(22)21-17(3)7-5-8-18(21)4/h5,7-8,11-13H,6,10,14H2,1-4H3. The van der Waals surface area contributed by atoms with E-state index in [0.29, 0.717) is 11.7 Å². The zero-order valence-corrected chi connectivity index (χ0v) is 18.4. The summed E-state index contributed by atoms with van der Waals surface area (Å²) in [6, 6.07) is 14.1. The number of rotatable bonds is 7. The predicted molar refractivity (Wildman–Crippen MR) is 118 cm³/mol. The minimum Gasteiger partial charge on any atom is -0.311 e. The molecule has 30 heavy (non-hydrogen) atoms. The maximum Gasteiger partial charge on any atom is 0.237 e. The second kappa shape index (κ2) is 9.55. The summed E-state index contributed by atoms with van der Waals surface area (Å²) in [4.78, 5) is 14.7. The SMILES string of the molecule is Cc1cc(C)cc(N(CCC#N)C(=O)CSc2nnnn2-c2c(C)cccc2C)c1. The number of carbonyl (C=O) groups is 1. The topological polar surface area (TPSA) is 87.7 Å². The number of thioether (sulfide) groups is 1. The van der Waals surface area contributed by atoms with Gasteiger partial charge >= 0.3 is 0 Å². The molecule has 3 rings (SSSR count). The van der Waals surface area contributed by atoms with Gasteiger partial charge in [-0.1, -0.05) is 36.0 Å². The number of para-hydroxylation sites is 1. The van der Waals surface area contributed by atoms with E-state index in [1.165, 1.54) is 11.8 Å². The van der Waals surface area contributed by atoms with Gasteiger partial charge in [-0.15, -0.1) is 5.10 Å². The van der Waals surface area contributed by atoms with Crippen LogP contribution in [0.25, 0.3) is 5.69 Å². The molecule has 0 bridgehead atoms. The molecule has 0 atom stereocenters. The highest BCUT2D eigenvalue weighted by molar-refractivity contribution is 7.99. The lowest BCUT2D eigenvalue weighted by Crippen LogP contribution is -2.33. The molecule has 7 nitrogen and oxygen atoms in total. The number of nitriles is 1. The van der Waals surface area contributed by atoms with Gasteiger partial charge in [-0.2, -0.15) is 9.94 Å². The van der Waals surface area contributed by atoms with Crippen LogP contribution in [0, 0.1) is 39.0 Å². The summed E-state index contributed by atoms with van der Waals surface area (Å²) in [6.45, 7) is 8.36. The quantitative estimate of drug-likeness (QED) is 0.538. The van der Waals surface area contributed by atoms with Gasteiger partial charge in [-0.3, -0.25) is 4.79 Å². The summed E-state index contributed by atoms with van der Waals surface area (Å²) in [5.74, 6) is 0.0836. The first-order chi connectivity index (χ1) is 14.4. The number of aryl methyl sites for hydroxylation is 4. The second-order valence-corrected chi connectivity index (χ2v) is 8.14. The lowest BCUT2D eigenvalue weighted by molar-refractivity contribution is -0.116. The number of carbonyl (C=O) groups excluding carboxylic acids is 1. The summed E-state index contributed by atoms with van der Waals surface area (Å²) in [5, 5.41) is 21.6. The zero-order chi connectivity index (χ0) is 21.7. The van der Waals surface area contributed by atoms with Crippen LogP contribution < -0.4 is 4.90 Å². The van der Waals surface area contributed by atoms with E-state index in [2.05, 4.69) is 27.7 Å². The zero-order valence-electron chi connectivity index (χ0n) is 17.6. The van der Waals surface area contributed by atoms with Crippen molar-refractivity contribution in [3.63, 3.8) is 0 Å². The van der Waals surface area contributed by atoms with Crippen molar-refractivity contribution < 1.29 is 4.79 Å². The molecular formula is C22H24N6OS. The van der Waals surface area contributed by atoms with Gasteiger partial charge in [0.2, 0.25) is 11.1 Å². The van der Waals surface area contributed by atoms with E-state index in [4.69, 9.17) is 5.26 Å². The van der Waals surface area contributed by atoms with Crippen LogP contribution >= 0.6 is 11.8 Å². The predicted octanol–water partition coefficient (Wildman–Crippen LogP) is 3.93. The van der Waals surface area contributed by atoms with Crippen LogP contribution in [-0.4, -0.2) is 38.4 Å². The normalized spacial score (nSPS) is 10.6. The molecule has 3 aromatic rings. The Bertz CT molecular complexity index is 1060. The van der Waals surface area contributed by atoms with Crippen molar-refractivity contribution >= 4 is 23.4 Å². The summed E-state index contributed by atoms with van der Waals surface area (Å²) in [7, 11) is 0. The van der Waals surface area contributed by atoms with E-state index in [1.54, 1.807) is 9.58 Å². The van der Waals surface area contributed by atoms with Crippen molar-refractivity contribution in [3.05, 3.63) is 58.7 Å². The van der Waals surface area contributed by atoms with Crippen LogP contribution in [0.4, 0.5) is 5.69 Å². The average Bonchev–Trinajstić information content (AvgIpc) is 3.14. The Morgan fingerprint density at radius 3 is 2.43 bits per heavy atom. The molecule has 0 saturated heterocycles. The highest BCUT2D eigenvalue weighted by Crippen LogP contribution is 2.25. The lowest BCUT2D eigenvalue weighted by atomic mass is 10.1. The molecule has 0 spiro atoms. The molecule has 1 amide bonds. The van der Waals surface area contributed by atoms with Crippen molar-refractivity contribution in [2.24, 2.45) is 0 Å². The molecule has 0 N–H and O–H groups in total. The fraction of sp³-hybridized carbons (Fsp3) is 0.318. The first kappa shape index (κ1) is 21.5. The molecule has 0 saturated carbocycles. The number of benzene rings is 2. The summed E-state index contributed by atoms with van der Waals surface area (Å²) >= 11 is 1.29. The lowest BCUT2D eigenvalue weighted by Gasteiger charge is -2.22. The van der Waals surface area contributed by atoms with Gasteiger partial charge in [0, 0.05) is 12.2 Å². The van der Waals surface area contributed by atoms with E-state index < -0.39 is 0 Å².